The molecule has 0 spiro atoms. The van der Waals surface area contributed by atoms with E-state index in [9.17, 15) is 8.42 Å². The van der Waals surface area contributed by atoms with Gasteiger partial charge >= 0.3 is 0 Å². The van der Waals surface area contributed by atoms with E-state index in [2.05, 4.69) is 26.2 Å². The summed E-state index contributed by atoms with van der Waals surface area (Å²) in [5.74, 6) is -0.152. The van der Waals surface area contributed by atoms with Crippen LogP contribution in [-0.4, -0.2) is 25.7 Å². The summed E-state index contributed by atoms with van der Waals surface area (Å²) in [6, 6.07) is 0. The van der Waals surface area contributed by atoms with Crippen LogP contribution in [0.1, 0.15) is 0 Å². The maximum absolute atomic E-state index is 10.7. The molecule has 5 N–H and O–H groups in total. The lowest BCUT2D eigenvalue weighted by atomic mass is 10.3. The first-order chi connectivity index (χ1) is 6.90. The Morgan fingerprint density at radius 3 is 2.67 bits per heavy atom. The van der Waals surface area contributed by atoms with Gasteiger partial charge in [-0.05, 0) is 15.9 Å². The van der Waals surface area contributed by atoms with Crippen molar-refractivity contribution in [2.45, 2.75) is 0 Å². The van der Waals surface area contributed by atoms with Gasteiger partial charge in [-0.2, -0.15) is 0 Å². The number of nitrogens with two attached hydrogens (primary N) is 2. The Kier molecular flexibility index (Phi) is 3.89. The molecule has 0 radical (unpaired) electrons. The standard InChI is InChI=1S/C7H11BrN4O2S/c8-5-3-11-4-6(9)7(5)12-1-2-15(10,13)14/h3-4H,1-2,9H2,(H,11,12)(H2,10,13,14). The summed E-state index contributed by atoms with van der Waals surface area (Å²) in [4.78, 5) is 3.85. The second-order valence-corrected chi connectivity index (χ2v) is 5.47. The first-order valence-electron chi connectivity index (χ1n) is 4.03. The van der Waals surface area contributed by atoms with Crippen LogP contribution in [0.15, 0.2) is 16.9 Å². The molecule has 0 saturated carbocycles. The summed E-state index contributed by atoms with van der Waals surface area (Å²) in [6.45, 7) is 0.200. The Bertz CT molecular complexity index is 428. The summed E-state index contributed by atoms with van der Waals surface area (Å²) < 4.78 is 22.0. The minimum atomic E-state index is -3.45. The highest BCUT2D eigenvalue weighted by Crippen LogP contribution is 2.26. The van der Waals surface area contributed by atoms with Crippen molar-refractivity contribution in [2.24, 2.45) is 5.14 Å². The van der Waals surface area contributed by atoms with Crippen molar-refractivity contribution in [1.29, 1.82) is 0 Å². The normalized spacial score (nSPS) is 11.3. The van der Waals surface area contributed by atoms with Crippen molar-refractivity contribution in [1.82, 2.24) is 4.98 Å². The Morgan fingerprint density at radius 2 is 2.13 bits per heavy atom. The maximum atomic E-state index is 10.7. The summed E-state index contributed by atoms with van der Waals surface area (Å²) in [5.41, 5.74) is 6.70. The van der Waals surface area contributed by atoms with Gasteiger partial charge < -0.3 is 11.1 Å². The Labute approximate surface area is 96.2 Å². The number of nitrogen functional groups attached to an aromatic ring is 1. The Morgan fingerprint density at radius 1 is 1.47 bits per heavy atom. The minimum absolute atomic E-state index is 0.152. The van der Waals surface area contributed by atoms with Gasteiger partial charge in [-0.15, -0.1) is 0 Å². The maximum Gasteiger partial charge on any atom is 0.210 e. The van der Waals surface area contributed by atoms with E-state index in [0.717, 1.165) is 0 Å². The van der Waals surface area contributed by atoms with Gasteiger partial charge in [0.2, 0.25) is 10.0 Å². The molecule has 0 saturated heterocycles. The van der Waals surface area contributed by atoms with Gasteiger partial charge in [0.1, 0.15) is 0 Å². The Hall–Kier alpha value is -0.860. The highest BCUT2D eigenvalue weighted by atomic mass is 79.9. The number of hydrogen-bond donors (Lipinski definition) is 3. The second kappa shape index (κ2) is 4.77. The molecule has 0 unspecified atom stereocenters. The zero-order valence-corrected chi connectivity index (χ0v) is 10.2. The number of halogens is 1. The zero-order valence-electron chi connectivity index (χ0n) is 7.77. The molecule has 15 heavy (non-hydrogen) atoms. The van der Waals surface area contributed by atoms with E-state index in [-0.39, 0.29) is 12.3 Å². The fraction of sp³-hybridized carbons (Fsp3) is 0.286. The summed E-state index contributed by atoms with van der Waals surface area (Å²) in [5, 5.41) is 7.72. The van der Waals surface area contributed by atoms with Gasteiger partial charge in [-0.25, -0.2) is 13.6 Å². The van der Waals surface area contributed by atoms with Gasteiger partial charge in [-0.1, -0.05) is 0 Å². The second-order valence-electron chi connectivity index (χ2n) is 2.88. The first-order valence-corrected chi connectivity index (χ1v) is 6.54. The van der Waals surface area contributed by atoms with Crippen molar-refractivity contribution in [3.63, 3.8) is 0 Å². The van der Waals surface area contributed by atoms with Gasteiger partial charge in [0.25, 0.3) is 0 Å². The van der Waals surface area contributed by atoms with E-state index in [4.69, 9.17) is 10.9 Å². The van der Waals surface area contributed by atoms with Gasteiger partial charge in [0.05, 0.1) is 27.8 Å². The molecule has 0 bridgehead atoms. The molecule has 0 aliphatic rings. The van der Waals surface area contributed by atoms with Gasteiger partial charge in [0.15, 0.2) is 0 Å². The molecule has 0 aliphatic carbocycles. The van der Waals surface area contributed by atoms with Crippen LogP contribution in [0.3, 0.4) is 0 Å². The van der Waals surface area contributed by atoms with E-state index >= 15 is 0 Å². The summed E-state index contributed by atoms with van der Waals surface area (Å²) in [6.07, 6.45) is 3.04. The monoisotopic (exact) mass is 294 g/mol. The van der Waals surface area contributed by atoms with Crippen LogP contribution < -0.4 is 16.2 Å². The molecule has 0 amide bonds. The molecule has 0 aromatic carbocycles. The van der Waals surface area contributed by atoms with Crippen LogP contribution in [0.5, 0.6) is 0 Å². The third-order valence-electron chi connectivity index (χ3n) is 1.62. The van der Waals surface area contributed by atoms with E-state index in [1.807, 2.05) is 0 Å². The van der Waals surface area contributed by atoms with Crippen LogP contribution in [-0.2, 0) is 10.0 Å². The van der Waals surface area contributed by atoms with Crippen molar-refractivity contribution in [3.8, 4) is 0 Å². The fourth-order valence-corrected chi connectivity index (χ4v) is 1.83. The molecule has 1 aromatic heterocycles. The number of aromatic nitrogens is 1. The van der Waals surface area contributed by atoms with Crippen molar-refractivity contribution < 1.29 is 8.42 Å². The van der Waals surface area contributed by atoms with Crippen molar-refractivity contribution in [3.05, 3.63) is 16.9 Å². The van der Waals surface area contributed by atoms with Crippen LogP contribution in [0.2, 0.25) is 0 Å². The molecule has 1 aromatic rings. The average molecular weight is 295 g/mol. The van der Waals surface area contributed by atoms with Crippen LogP contribution in [0.4, 0.5) is 11.4 Å². The molecular formula is C7H11BrN4O2S. The van der Waals surface area contributed by atoms with E-state index < -0.39 is 10.0 Å². The number of rotatable bonds is 4. The van der Waals surface area contributed by atoms with Crippen molar-refractivity contribution in [2.75, 3.05) is 23.3 Å². The molecule has 0 fully saturated rings. The molecule has 6 nitrogen and oxygen atoms in total. The summed E-state index contributed by atoms with van der Waals surface area (Å²) >= 11 is 3.24. The van der Waals surface area contributed by atoms with Crippen LogP contribution in [0, 0.1) is 0 Å². The number of primary sulfonamides is 1. The first kappa shape index (κ1) is 12.2. The number of nitrogens with one attached hydrogen (secondary N) is 1. The minimum Gasteiger partial charge on any atom is -0.396 e. The number of nitrogens with zero attached hydrogens (tertiary/aromatic N) is 1. The fourth-order valence-electron chi connectivity index (χ4n) is 0.955. The van der Waals surface area contributed by atoms with Crippen molar-refractivity contribution >= 4 is 37.3 Å². The van der Waals surface area contributed by atoms with Gasteiger partial charge in [0, 0.05) is 12.7 Å². The quantitative estimate of drug-likeness (QED) is 0.731. The lowest BCUT2D eigenvalue weighted by molar-refractivity contribution is 0.598. The highest BCUT2D eigenvalue weighted by molar-refractivity contribution is 9.10. The smallest absolute Gasteiger partial charge is 0.210 e. The third-order valence-corrected chi connectivity index (χ3v) is 2.99. The van der Waals surface area contributed by atoms with Crippen LogP contribution >= 0.6 is 15.9 Å². The lowest BCUT2D eigenvalue weighted by Crippen LogP contribution is -2.22. The number of pyridine rings is 1. The predicted octanol–water partition coefficient (Wildman–Crippen LogP) is 0.127. The molecule has 8 heteroatoms. The van der Waals surface area contributed by atoms with E-state index in [1.54, 1.807) is 6.20 Å². The highest BCUT2D eigenvalue weighted by Gasteiger charge is 2.06. The SMILES string of the molecule is Nc1cncc(Br)c1NCCS(N)(=O)=O. The summed E-state index contributed by atoms with van der Waals surface area (Å²) in [7, 11) is -3.45. The molecule has 0 atom stereocenters. The molecule has 0 aliphatic heterocycles. The molecular weight excluding hydrogens is 284 g/mol. The largest absolute Gasteiger partial charge is 0.396 e. The van der Waals surface area contributed by atoms with E-state index in [0.29, 0.717) is 15.8 Å². The number of anilines is 2. The number of hydrogen-bond acceptors (Lipinski definition) is 5. The molecule has 84 valence electrons. The third kappa shape index (κ3) is 4.02. The van der Waals surface area contributed by atoms with Gasteiger partial charge in [-0.3, -0.25) is 4.98 Å². The van der Waals surface area contributed by atoms with E-state index in [1.165, 1.54) is 6.20 Å². The zero-order chi connectivity index (χ0) is 11.5. The number of sulfonamides is 1. The topological polar surface area (TPSA) is 111 Å². The molecule has 1 heterocycles. The predicted molar refractivity (Wildman–Crippen MR) is 62.8 cm³/mol. The lowest BCUT2D eigenvalue weighted by Gasteiger charge is -2.09. The molecule has 1 rings (SSSR count). The Balaban J connectivity index is 2.66. The average Bonchev–Trinajstić information content (AvgIpc) is 2.08. The van der Waals surface area contributed by atoms with Crippen LogP contribution in [0.25, 0.3) is 0 Å².